The van der Waals surface area contributed by atoms with E-state index in [9.17, 15) is 0 Å². The van der Waals surface area contributed by atoms with Crippen LogP contribution in [0.2, 0.25) is 0 Å². The lowest BCUT2D eigenvalue weighted by Crippen LogP contribution is -2.42. The predicted octanol–water partition coefficient (Wildman–Crippen LogP) is 1.89. The molecule has 1 N–H and O–H groups in total. The van der Waals surface area contributed by atoms with E-state index in [1.54, 1.807) is 0 Å². The van der Waals surface area contributed by atoms with Crippen molar-refractivity contribution in [3.63, 3.8) is 0 Å². The van der Waals surface area contributed by atoms with Crippen molar-refractivity contribution in [2.75, 3.05) is 19.8 Å². The number of morpholine rings is 1. The van der Waals surface area contributed by atoms with Gasteiger partial charge in [-0.15, -0.1) is 0 Å². The number of rotatable bonds is 3. The van der Waals surface area contributed by atoms with Crippen LogP contribution in [0.15, 0.2) is 4.52 Å². The molecule has 5 heteroatoms. The average molecular weight is 265 g/mol. The molecule has 2 aliphatic rings. The molecule has 2 heterocycles. The van der Waals surface area contributed by atoms with Gasteiger partial charge in [0, 0.05) is 24.9 Å². The SMILES string of the molecule is CC1CCCC(c2noc(CC3COCCN3)n2)C1. The molecule has 0 aromatic carbocycles. The topological polar surface area (TPSA) is 60.2 Å². The van der Waals surface area contributed by atoms with Crippen LogP contribution < -0.4 is 5.32 Å². The van der Waals surface area contributed by atoms with E-state index < -0.39 is 0 Å². The van der Waals surface area contributed by atoms with E-state index in [1.165, 1.54) is 25.7 Å². The summed E-state index contributed by atoms with van der Waals surface area (Å²) in [5, 5.41) is 7.60. The summed E-state index contributed by atoms with van der Waals surface area (Å²) in [6.07, 6.45) is 5.80. The average Bonchev–Trinajstić information content (AvgIpc) is 2.88. The highest BCUT2D eigenvalue weighted by Crippen LogP contribution is 2.34. The molecule has 0 spiro atoms. The van der Waals surface area contributed by atoms with Crippen molar-refractivity contribution in [2.45, 2.75) is 51.0 Å². The molecule has 1 aromatic heterocycles. The molecule has 1 saturated heterocycles. The molecular formula is C14H23N3O2. The fourth-order valence-corrected chi connectivity index (χ4v) is 3.15. The zero-order chi connectivity index (χ0) is 13.1. The Morgan fingerprint density at radius 3 is 3.11 bits per heavy atom. The molecule has 3 atom stereocenters. The van der Waals surface area contributed by atoms with Gasteiger partial charge in [-0.2, -0.15) is 4.98 Å². The zero-order valence-corrected chi connectivity index (χ0v) is 11.6. The fourth-order valence-electron chi connectivity index (χ4n) is 3.15. The van der Waals surface area contributed by atoms with Crippen molar-refractivity contribution in [3.8, 4) is 0 Å². The van der Waals surface area contributed by atoms with Crippen LogP contribution in [0.5, 0.6) is 0 Å². The summed E-state index contributed by atoms with van der Waals surface area (Å²) in [6, 6.07) is 0.312. The standard InChI is InChI=1S/C14H23N3O2/c1-10-3-2-4-11(7-10)14-16-13(19-17-14)8-12-9-18-6-5-15-12/h10-12,15H,2-9H2,1H3. The lowest BCUT2D eigenvalue weighted by atomic mass is 9.82. The molecule has 0 bridgehead atoms. The molecule has 106 valence electrons. The summed E-state index contributed by atoms with van der Waals surface area (Å²) >= 11 is 0. The molecule has 1 aliphatic carbocycles. The molecule has 1 aromatic rings. The van der Waals surface area contributed by atoms with Gasteiger partial charge in [-0.05, 0) is 18.8 Å². The van der Waals surface area contributed by atoms with Crippen LogP contribution >= 0.6 is 0 Å². The third-order valence-corrected chi connectivity index (χ3v) is 4.20. The maximum absolute atomic E-state index is 5.44. The van der Waals surface area contributed by atoms with Crippen molar-refractivity contribution >= 4 is 0 Å². The minimum absolute atomic E-state index is 0.312. The van der Waals surface area contributed by atoms with Crippen LogP contribution in [0.25, 0.3) is 0 Å². The molecule has 1 saturated carbocycles. The predicted molar refractivity (Wildman–Crippen MR) is 71.0 cm³/mol. The second-order valence-electron chi connectivity index (χ2n) is 5.95. The van der Waals surface area contributed by atoms with Crippen LogP contribution in [-0.4, -0.2) is 35.9 Å². The van der Waals surface area contributed by atoms with E-state index in [4.69, 9.17) is 9.26 Å². The number of hydrogen-bond donors (Lipinski definition) is 1. The van der Waals surface area contributed by atoms with E-state index >= 15 is 0 Å². The van der Waals surface area contributed by atoms with Gasteiger partial charge in [0.15, 0.2) is 5.82 Å². The van der Waals surface area contributed by atoms with Gasteiger partial charge >= 0.3 is 0 Å². The van der Waals surface area contributed by atoms with Gasteiger partial charge in [-0.25, -0.2) is 0 Å². The molecule has 0 amide bonds. The number of nitrogens with one attached hydrogen (secondary N) is 1. The molecule has 3 rings (SSSR count). The van der Waals surface area contributed by atoms with Gasteiger partial charge in [-0.1, -0.05) is 24.9 Å². The van der Waals surface area contributed by atoms with Gasteiger partial charge < -0.3 is 14.6 Å². The Morgan fingerprint density at radius 2 is 2.32 bits per heavy atom. The molecule has 0 radical (unpaired) electrons. The van der Waals surface area contributed by atoms with E-state index in [0.29, 0.717) is 12.0 Å². The minimum Gasteiger partial charge on any atom is -0.378 e. The number of nitrogens with zero attached hydrogens (tertiary/aromatic N) is 2. The third-order valence-electron chi connectivity index (χ3n) is 4.20. The van der Waals surface area contributed by atoms with Crippen molar-refractivity contribution in [3.05, 3.63) is 11.7 Å². The van der Waals surface area contributed by atoms with Crippen LogP contribution in [0.4, 0.5) is 0 Å². The normalized spacial score (nSPS) is 32.4. The van der Waals surface area contributed by atoms with Gasteiger partial charge in [0.1, 0.15) is 0 Å². The van der Waals surface area contributed by atoms with Crippen molar-refractivity contribution in [1.29, 1.82) is 0 Å². The summed E-state index contributed by atoms with van der Waals surface area (Å²) in [7, 11) is 0. The van der Waals surface area contributed by atoms with Gasteiger partial charge in [-0.3, -0.25) is 0 Å². The maximum Gasteiger partial charge on any atom is 0.228 e. The molecular weight excluding hydrogens is 242 g/mol. The Kier molecular flexibility index (Phi) is 4.13. The summed E-state index contributed by atoms with van der Waals surface area (Å²) in [5.74, 6) is 2.94. The second-order valence-corrected chi connectivity index (χ2v) is 5.95. The molecule has 19 heavy (non-hydrogen) atoms. The zero-order valence-electron chi connectivity index (χ0n) is 11.6. The van der Waals surface area contributed by atoms with Gasteiger partial charge in [0.2, 0.25) is 5.89 Å². The monoisotopic (exact) mass is 265 g/mol. The van der Waals surface area contributed by atoms with Gasteiger partial charge in [0.25, 0.3) is 0 Å². The van der Waals surface area contributed by atoms with Crippen LogP contribution in [0, 0.1) is 5.92 Å². The van der Waals surface area contributed by atoms with Crippen LogP contribution in [0.1, 0.15) is 50.2 Å². The lowest BCUT2D eigenvalue weighted by molar-refractivity contribution is 0.0744. The van der Waals surface area contributed by atoms with E-state index in [1.807, 2.05) is 0 Å². The number of aromatic nitrogens is 2. The Morgan fingerprint density at radius 1 is 1.37 bits per heavy atom. The second kappa shape index (κ2) is 6.01. The molecule has 2 fully saturated rings. The largest absolute Gasteiger partial charge is 0.378 e. The highest BCUT2D eigenvalue weighted by atomic mass is 16.5. The third kappa shape index (κ3) is 3.34. The Balaban J connectivity index is 1.59. The first kappa shape index (κ1) is 13.1. The van der Waals surface area contributed by atoms with E-state index in [2.05, 4.69) is 22.4 Å². The maximum atomic E-state index is 5.44. The quantitative estimate of drug-likeness (QED) is 0.904. The smallest absolute Gasteiger partial charge is 0.228 e. The number of ether oxygens (including phenoxy) is 1. The summed E-state index contributed by atoms with van der Waals surface area (Å²) in [6.45, 7) is 4.76. The first-order valence-electron chi connectivity index (χ1n) is 7.45. The van der Waals surface area contributed by atoms with E-state index in [-0.39, 0.29) is 0 Å². The Bertz CT molecular complexity index is 401. The van der Waals surface area contributed by atoms with Crippen molar-refractivity contribution < 1.29 is 9.26 Å². The van der Waals surface area contributed by atoms with Crippen LogP contribution in [0.3, 0.4) is 0 Å². The molecule has 1 aliphatic heterocycles. The Labute approximate surface area is 114 Å². The van der Waals surface area contributed by atoms with Crippen molar-refractivity contribution in [1.82, 2.24) is 15.5 Å². The first-order valence-corrected chi connectivity index (χ1v) is 7.45. The van der Waals surface area contributed by atoms with Crippen molar-refractivity contribution in [2.24, 2.45) is 5.92 Å². The Hall–Kier alpha value is -0.940. The summed E-state index contributed by atoms with van der Waals surface area (Å²) < 4.78 is 10.8. The molecule has 3 unspecified atom stereocenters. The molecule has 5 nitrogen and oxygen atoms in total. The summed E-state index contributed by atoms with van der Waals surface area (Å²) in [5.41, 5.74) is 0. The van der Waals surface area contributed by atoms with E-state index in [0.717, 1.165) is 43.8 Å². The van der Waals surface area contributed by atoms with Gasteiger partial charge in [0.05, 0.1) is 13.2 Å². The highest BCUT2D eigenvalue weighted by molar-refractivity contribution is 4.99. The highest BCUT2D eigenvalue weighted by Gasteiger charge is 2.25. The minimum atomic E-state index is 0.312. The number of hydrogen-bond acceptors (Lipinski definition) is 5. The van der Waals surface area contributed by atoms with Crippen LogP contribution in [-0.2, 0) is 11.2 Å². The lowest BCUT2D eigenvalue weighted by Gasteiger charge is -2.24. The fraction of sp³-hybridized carbons (Fsp3) is 0.857. The summed E-state index contributed by atoms with van der Waals surface area (Å²) in [4.78, 5) is 4.59. The first-order chi connectivity index (χ1) is 9.31.